The molecule has 0 heterocycles. The van der Waals surface area contributed by atoms with Gasteiger partial charge in [-0.3, -0.25) is 0 Å². The van der Waals surface area contributed by atoms with E-state index in [0.29, 0.717) is 0 Å². The molecule has 0 fully saturated rings. The first-order valence-electron chi connectivity index (χ1n) is 7.99. The Labute approximate surface area is 148 Å². The van der Waals surface area contributed by atoms with E-state index in [1.165, 1.54) is 0 Å². The van der Waals surface area contributed by atoms with Crippen LogP contribution in [0.2, 0.25) is 0 Å². The molecule has 0 radical (unpaired) electrons. The Morgan fingerprint density at radius 1 is 0.652 bits per heavy atom. The SMILES string of the molecule is CCN=C=NCCCN(C)C.CCN=C=NCCCN(C)C.Cl. The Kier molecular flexibility index (Phi) is 27.1. The molecule has 0 atom stereocenters. The Balaban J connectivity index is -0.000000333. The van der Waals surface area contributed by atoms with Gasteiger partial charge in [-0.1, -0.05) is 0 Å². The molecule has 0 aliphatic heterocycles. The van der Waals surface area contributed by atoms with Gasteiger partial charge in [0, 0.05) is 13.1 Å². The topological polar surface area (TPSA) is 55.9 Å². The average molecular weight is 347 g/mol. The molecule has 0 unspecified atom stereocenters. The fourth-order valence-corrected chi connectivity index (χ4v) is 1.27. The molecule has 0 spiro atoms. The zero-order valence-electron chi connectivity index (χ0n) is 15.7. The maximum atomic E-state index is 3.99. The van der Waals surface area contributed by atoms with Crippen LogP contribution >= 0.6 is 12.4 Å². The van der Waals surface area contributed by atoms with Gasteiger partial charge in [0.05, 0.1) is 25.1 Å². The minimum absolute atomic E-state index is 0. The number of nitrogens with zero attached hydrogens (tertiary/aromatic N) is 6. The van der Waals surface area contributed by atoms with Crippen molar-refractivity contribution in [3.05, 3.63) is 0 Å². The lowest BCUT2D eigenvalue weighted by Crippen LogP contribution is -2.13. The van der Waals surface area contributed by atoms with Crippen LogP contribution in [-0.4, -0.2) is 89.3 Å². The summed E-state index contributed by atoms with van der Waals surface area (Å²) in [5.74, 6) is 0. The van der Waals surface area contributed by atoms with E-state index in [-0.39, 0.29) is 12.4 Å². The maximum Gasteiger partial charge on any atom is 0.0892 e. The zero-order chi connectivity index (χ0) is 17.1. The third-order valence-electron chi connectivity index (χ3n) is 2.35. The van der Waals surface area contributed by atoms with Crippen LogP contribution in [-0.2, 0) is 0 Å². The van der Waals surface area contributed by atoms with E-state index >= 15 is 0 Å². The van der Waals surface area contributed by atoms with Gasteiger partial charge < -0.3 is 9.80 Å². The summed E-state index contributed by atoms with van der Waals surface area (Å²) in [5.41, 5.74) is 0. The molecule has 0 amide bonds. The molecule has 0 saturated carbocycles. The van der Waals surface area contributed by atoms with Crippen molar-refractivity contribution in [1.29, 1.82) is 0 Å². The van der Waals surface area contributed by atoms with E-state index in [1.807, 2.05) is 13.8 Å². The minimum Gasteiger partial charge on any atom is -0.309 e. The van der Waals surface area contributed by atoms with Gasteiger partial charge in [0.2, 0.25) is 0 Å². The molecule has 0 aromatic heterocycles. The van der Waals surface area contributed by atoms with Crippen LogP contribution in [0.15, 0.2) is 20.0 Å². The molecule has 0 aromatic carbocycles. The molecular formula is C16H35ClN6. The van der Waals surface area contributed by atoms with Crippen LogP contribution in [0.5, 0.6) is 0 Å². The fraction of sp³-hybridized carbons (Fsp3) is 0.875. The van der Waals surface area contributed by atoms with E-state index in [9.17, 15) is 0 Å². The van der Waals surface area contributed by atoms with Gasteiger partial charge in [-0.25, -0.2) is 20.0 Å². The lowest BCUT2D eigenvalue weighted by atomic mass is 10.4. The summed E-state index contributed by atoms with van der Waals surface area (Å²) in [7, 11) is 8.24. The predicted octanol–water partition coefficient (Wildman–Crippen LogP) is 2.69. The molecule has 0 rings (SSSR count). The molecule has 0 aliphatic carbocycles. The Morgan fingerprint density at radius 3 is 1.26 bits per heavy atom. The lowest BCUT2D eigenvalue weighted by Gasteiger charge is -2.05. The first kappa shape index (κ1) is 26.8. The van der Waals surface area contributed by atoms with Gasteiger partial charge in [0.1, 0.15) is 0 Å². The summed E-state index contributed by atoms with van der Waals surface area (Å²) >= 11 is 0. The second kappa shape index (κ2) is 23.2. The van der Waals surface area contributed by atoms with E-state index < -0.39 is 0 Å². The molecule has 0 aliphatic rings. The fourth-order valence-electron chi connectivity index (χ4n) is 1.27. The van der Waals surface area contributed by atoms with Crippen LogP contribution in [0.3, 0.4) is 0 Å². The summed E-state index contributed by atoms with van der Waals surface area (Å²) in [4.78, 5) is 20.0. The molecule has 6 nitrogen and oxygen atoms in total. The number of aliphatic imine (C=N–C) groups is 4. The average Bonchev–Trinajstić information content (AvgIpc) is 2.46. The van der Waals surface area contributed by atoms with Crippen LogP contribution in [0.4, 0.5) is 0 Å². The summed E-state index contributed by atoms with van der Waals surface area (Å²) < 4.78 is 0. The highest BCUT2D eigenvalue weighted by atomic mass is 35.5. The van der Waals surface area contributed by atoms with Crippen LogP contribution in [0, 0.1) is 0 Å². The van der Waals surface area contributed by atoms with Crippen molar-refractivity contribution in [3.63, 3.8) is 0 Å². The molecule has 0 aromatic rings. The third-order valence-corrected chi connectivity index (χ3v) is 2.35. The molecule has 7 heteroatoms. The van der Waals surface area contributed by atoms with Gasteiger partial charge in [0.15, 0.2) is 0 Å². The first-order chi connectivity index (χ1) is 10.5. The smallest absolute Gasteiger partial charge is 0.0892 e. The number of hydrogen-bond acceptors (Lipinski definition) is 6. The van der Waals surface area contributed by atoms with Crippen molar-refractivity contribution in [2.45, 2.75) is 26.7 Å². The van der Waals surface area contributed by atoms with Gasteiger partial charge in [0.25, 0.3) is 0 Å². The summed E-state index contributed by atoms with van der Waals surface area (Å²) in [6, 6.07) is 5.28. The van der Waals surface area contributed by atoms with Gasteiger partial charge in [-0.15, -0.1) is 12.4 Å². The van der Waals surface area contributed by atoms with E-state index in [4.69, 9.17) is 0 Å². The Bertz CT molecular complexity index is 308. The van der Waals surface area contributed by atoms with Crippen molar-refractivity contribution in [1.82, 2.24) is 9.80 Å². The van der Waals surface area contributed by atoms with Gasteiger partial charge in [-0.2, -0.15) is 0 Å². The van der Waals surface area contributed by atoms with Crippen molar-refractivity contribution >= 4 is 24.4 Å². The number of hydrogen-bond donors (Lipinski definition) is 0. The standard InChI is InChI=1S/2C8H17N3.ClH/c2*1-4-9-8-10-6-5-7-11(2)3;/h2*4-7H2,1-3H3;1H. The van der Waals surface area contributed by atoms with E-state index in [2.05, 4.69) is 70.0 Å². The molecular weight excluding hydrogens is 312 g/mol. The quantitative estimate of drug-likeness (QED) is 0.451. The maximum absolute atomic E-state index is 3.99. The zero-order valence-corrected chi connectivity index (χ0v) is 16.6. The molecule has 23 heavy (non-hydrogen) atoms. The normalized spacial score (nSPS) is 9.04. The Morgan fingerprint density at radius 2 is 1.00 bits per heavy atom. The predicted molar refractivity (Wildman–Crippen MR) is 104 cm³/mol. The van der Waals surface area contributed by atoms with Gasteiger partial charge >= 0.3 is 0 Å². The molecule has 136 valence electrons. The molecule has 0 saturated heterocycles. The summed E-state index contributed by atoms with van der Waals surface area (Å²) in [6.07, 6.45) is 2.17. The van der Waals surface area contributed by atoms with Crippen molar-refractivity contribution < 1.29 is 0 Å². The second-order valence-electron chi connectivity index (χ2n) is 5.23. The summed E-state index contributed by atoms with van der Waals surface area (Å²) in [5, 5.41) is 0. The van der Waals surface area contributed by atoms with E-state index in [1.54, 1.807) is 0 Å². The minimum atomic E-state index is 0. The van der Waals surface area contributed by atoms with Crippen LogP contribution < -0.4 is 0 Å². The second-order valence-corrected chi connectivity index (χ2v) is 5.23. The number of halogens is 1. The van der Waals surface area contributed by atoms with Crippen LogP contribution in [0.25, 0.3) is 0 Å². The highest BCUT2D eigenvalue weighted by Gasteiger charge is 1.87. The largest absolute Gasteiger partial charge is 0.309 e. The van der Waals surface area contributed by atoms with Crippen molar-refractivity contribution in [2.24, 2.45) is 20.0 Å². The third kappa shape index (κ3) is 33.7. The van der Waals surface area contributed by atoms with Crippen molar-refractivity contribution in [2.75, 3.05) is 67.5 Å². The van der Waals surface area contributed by atoms with E-state index in [0.717, 1.165) is 52.1 Å². The highest BCUT2D eigenvalue weighted by Crippen LogP contribution is 1.83. The van der Waals surface area contributed by atoms with Gasteiger partial charge in [-0.05, 0) is 68.0 Å². The first-order valence-corrected chi connectivity index (χ1v) is 7.99. The van der Waals surface area contributed by atoms with Crippen molar-refractivity contribution in [3.8, 4) is 0 Å². The molecule has 0 bridgehead atoms. The summed E-state index contributed by atoms with van der Waals surface area (Å²) in [6.45, 7) is 9.33. The number of rotatable bonds is 10. The Hall–Kier alpha value is -1.03. The highest BCUT2D eigenvalue weighted by molar-refractivity contribution is 5.85. The lowest BCUT2D eigenvalue weighted by molar-refractivity contribution is 0.403. The molecule has 0 N–H and O–H groups in total. The monoisotopic (exact) mass is 346 g/mol. The van der Waals surface area contributed by atoms with Crippen LogP contribution in [0.1, 0.15) is 26.7 Å².